The molecule has 130 valence electrons. The molecule has 1 aliphatic rings. The molecule has 25 heavy (non-hydrogen) atoms. The number of benzene rings is 2. The van der Waals surface area contributed by atoms with Crippen molar-refractivity contribution in [1.29, 1.82) is 0 Å². The molecule has 0 spiro atoms. The maximum atomic E-state index is 13.0. The summed E-state index contributed by atoms with van der Waals surface area (Å²) in [7, 11) is 0. The third kappa shape index (κ3) is 4.45. The quantitative estimate of drug-likeness (QED) is 0.848. The molecule has 0 bridgehead atoms. The SMILES string of the molecule is O=C(NC1CCN(C(=O)c2ccc(F)cc2)CC1)c1cccc(Br)c1. The lowest BCUT2D eigenvalue weighted by atomic mass is 10.0. The highest BCUT2D eigenvalue weighted by molar-refractivity contribution is 9.10. The molecule has 1 N–H and O–H groups in total. The van der Waals surface area contributed by atoms with Gasteiger partial charge in [-0.2, -0.15) is 0 Å². The van der Waals surface area contributed by atoms with E-state index in [1.165, 1.54) is 24.3 Å². The normalized spacial score (nSPS) is 15.0. The van der Waals surface area contributed by atoms with Crippen LogP contribution in [-0.4, -0.2) is 35.8 Å². The summed E-state index contributed by atoms with van der Waals surface area (Å²) < 4.78 is 13.8. The molecule has 1 aliphatic heterocycles. The molecule has 4 nitrogen and oxygen atoms in total. The minimum absolute atomic E-state index is 0.0451. The van der Waals surface area contributed by atoms with Gasteiger partial charge in [-0.25, -0.2) is 4.39 Å². The van der Waals surface area contributed by atoms with Gasteiger partial charge in [0.05, 0.1) is 0 Å². The van der Waals surface area contributed by atoms with Gasteiger partial charge >= 0.3 is 0 Å². The molecular formula is C19H18BrFN2O2. The number of carbonyl (C=O) groups excluding carboxylic acids is 2. The molecule has 1 saturated heterocycles. The Morgan fingerprint density at radius 1 is 1.04 bits per heavy atom. The molecule has 1 heterocycles. The molecule has 0 radical (unpaired) electrons. The fourth-order valence-electron chi connectivity index (χ4n) is 2.90. The maximum Gasteiger partial charge on any atom is 0.253 e. The highest BCUT2D eigenvalue weighted by Gasteiger charge is 2.24. The number of nitrogens with one attached hydrogen (secondary N) is 1. The number of rotatable bonds is 3. The first-order chi connectivity index (χ1) is 12.0. The van der Waals surface area contributed by atoms with Crippen molar-refractivity contribution in [1.82, 2.24) is 10.2 Å². The second-order valence-corrected chi connectivity index (χ2v) is 6.97. The summed E-state index contributed by atoms with van der Waals surface area (Å²) in [5.74, 6) is -0.563. The van der Waals surface area contributed by atoms with E-state index in [0.717, 1.165) is 4.47 Å². The van der Waals surface area contributed by atoms with Gasteiger partial charge in [-0.1, -0.05) is 22.0 Å². The molecule has 3 rings (SSSR count). The van der Waals surface area contributed by atoms with Crippen LogP contribution in [0.4, 0.5) is 4.39 Å². The zero-order valence-corrected chi connectivity index (χ0v) is 15.1. The van der Waals surface area contributed by atoms with Crippen LogP contribution in [0, 0.1) is 5.82 Å². The zero-order chi connectivity index (χ0) is 17.8. The predicted molar refractivity (Wildman–Crippen MR) is 96.9 cm³/mol. The number of likely N-dealkylation sites (tertiary alicyclic amines) is 1. The van der Waals surface area contributed by atoms with Crippen LogP contribution in [0.25, 0.3) is 0 Å². The van der Waals surface area contributed by atoms with Gasteiger partial charge in [0.1, 0.15) is 5.82 Å². The first-order valence-electron chi connectivity index (χ1n) is 8.14. The molecular weight excluding hydrogens is 387 g/mol. The summed E-state index contributed by atoms with van der Waals surface area (Å²) in [4.78, 5) is 26.4. The number of piperidine rings is 1. The number of hydrogen-bond acceptors (Lipinski definition) is 2. The average molecular weight is 405 g/mol. The van der Waals surface area contributed by atoms with Gasteiger partial charge in [0.15, 0.2) is 0 Å². The van der Waals surface area contributed by atoms with Crippen LogP contribution in [0.5, 0.6) is 0 Å². The standard InChI is InChI=1S/C19H18BrFN2O2/c20-15-3-1-2-14(12-15)18(24)22-17-8-10-23(11-9-17)19(25)13-4-6-16(21)7-5-13/h1-7,12,17H,8-11H2,(H,22,24). The third-order valence-electron chi connectivity index (χ3n) is 4.30. The molecule has 0 atom stereocenters. The van der Waals surface area contributed by atoms with Crippen LogP contribution in [0.15, 0.2) is 53.0 Å². The summed E-state index contributed by atoms with van der Waals surface area (Å²) in [6.07, 6.45) is 1.40. The Balaban J connectivity index is 1.54. The first kappa shape index (κ1) is 17.6. The predicted octanol–water partition coefficient (Wildman–Crippen LogP) is 3.62. The van der Waals surface area contributed by atoms with E-state index in [0.29, 0.717) is 37.1 Å². The van der Waals surface area contributed by atoms with E-state index in [1.807, 2.05) is 12.1 Å². The van der Waals surface area contributed by atoms with Crippen LogP contribution in [0.1, 0.15) is 33.6 Å². The van der Waals surface area contributed by atoms with E-state index in [1.54, 1.807) is 17.0 Å². The van der Waals surface area contributed by atoms with Crippen molar-refractivity contribution in [2.45, 2.75) is 18.9 Å². The average Bonchev–Trinajstić information content (AvgIpc) is 2.62. The Bertz CT molecular complexity index is 771. The smallest absolute Gasteiger partial charge is 0.253 e. The van der Waals surface area contributed by atoms with Gasteiger partial charge in [0.2, 0.25) is 0 Å². The Labute approximate surface area is 154 Å². The van der Waals surface area contributed by atoms with Crippen molar-refractivity contribution in [3.05, 3.63) is 69.9 Å². The van der Waals surface area contributed by atoms with Crippen LogP contribution in [-0.2, 0) is 0 Å². The van der Waals surface area contributed by atoms with Crippen molar-refractivity contribution in [2.24, 2.45) is 0 Å². The molecule has 6 heteroatoms. The Hall–Kier alpha value is -2.21. The molecule has 0 aliphatic carbocycles. The highest BCUT2D eigenvalue weighted by Crippen LogP contribution is 2.16. The highest BCUT2D eigenvalue weighted by atomic mass is 79.9. The van der Waals surface area contributed by atoms with Crippen molar-refractivity contribution in [3.8, 4) is 0 Å². The fourth-order valence-corrected chi connectivity index (χ4v) is 3.30. The van der Waals surface area contributed by atoms with Gasteiger partial charge < -0.3 is 10.2 Å². The van der Waals surface area contributed by atoms with Crippen LogP contribution >= 0.6 is 15.9 Å². The van der Waals surface area contributed by atoms with E-state index in [2.05, 4.69) is 21.2 Å². The largest absolute Gasteiger partial charge is 0.349 e. The van der Waals surface area contributed by atoms with Gasteiger partial charge in [0, 0.05) is 34.7 Å². The summed E-state index contributed by atoms with van der Waals surface area (Å²) in [6, 6.07) is 12.9. The molecule has 0 aromatic heterocycles. The lowest BCUT2D eigenvalue weighted by Gasteiger charge is -2.32. The van der Waals surface area contributed by atoms with Crippen molar-refractivity contribution < 1.29 is 14.0 Å². The molecule has 1 fully saturated rings. The number of nitrogens with zero attached hydrogens (tertiary/aromatic N) is 1. The maximum absolute atomic E-state index is 13.0. The van der Waals surface area contributed by atoms with Crippen LogP contribution in [0.3, 0.4) is 0 Å². The van der Waals surface area contributed by atoms with Gasteiger partial charge in [-0.05, 0) is 55.3 Å². The summed E-state index contributed by atoms with van der Waals surface area (Å²) in [5, 5.41) is 3.02. The molecule has 2 aromatic rings. The van der Waals surface area contributed by atoms with Crippen LogP contribution < -0.4 is 5.32 Å². The van der Waals surface area contributed by atoms with Gasteiger partial charge in [-0.3, -0.25) is 9.59 Å². The van der Waals surface area contributed by atoms with E-state index in [9.17, 15) is 14.0 Å². The van der Waals surface area contributed by atoms with Crippen LogP contribution in [0.2, 0.25) is 0 Å². The number of carbonyl (C=O) groups is 2. The topological polar surface area (TPSA) is 49.4 Å². The van der Waals surface area contributed by atoms with Gasteiger partial charge in [0.25, 0.3) is 11.8 Å². The Morgan fingerprint density at radius 3 is 2.36 bits per heavy atom. The van der Waals surface area contributed by atoms with E-state index < -0.39 is 0 Å². The van der Waals surface area contributed by atoms with Crippen molar-refractivity contribution in [2.75, 3.05) is 13.1 Å². The zero-order valence-electron chi connectivity index (χ0n) is 13.5. The lowest BCUT2D eigenvalue weighted by molar-refractivity contribution is 0.0698. The third-order valence-corrected chi connectivity index (χ3v) is 4.79. The van der Waals surface area contributed by atoms with E-state index >= 15 is 0 Å². The summed E-state index contributed by atoms with van der Waals surface area (Å²) in [6.45, 7) is 1.14. The minimum atomic E-state index is -0.356. The number of amides is 2. The van der Waals surface area contributed by atoms with Gasteiger partial charge in [-0.15, -0.1) is 0 Å². The lowest BCUT2D eigenvalue weighted by Crippen LogP contribution is -2.46. The van der Waals surface area contributed by atoms with E-state index in [4.69, 9.17) is 0 Å². The molecule has 0 unspecified atom stereocenters. The van der Waals surface area contributed by atoms with E-state index in [-0.39, 0.29) is 23.7 Å². The van der Waals surface area contributed by atoms with Crippen molar-refractivity contribution >= 4 is 27.7 Å². The Morgan fingerprint density at radius 2 is 1.72 bits per heavy atom. The second kappa shape index (κ2) is 7.78. The molecule has 2 amide bonds. The summed E-state index contributed by atoms with van der Waals surface area (Å²) in [5.41, 5.74) is 1.09. The molecule has 2 aromatic carbocycles. The first-order valence-corrected chi connectivity index (χ1v) is 8.93. The number of hydrogen-bond donors (Lipinski definition) is 1. The monoisotopic (exact) mass is 404 g/mol. The molecule has 0 saturated carbocycles. The van der Waals surface area contributed by atoms with Crippen molar-refractivity contribution in [3.63, 3.8) is 0 Å². The number of halogens is 2. The fraction of sp³-hybridized carbons (Fsp3) is 0.263. The second-order valence-electron chi connectivity index (χ2n) is 6.06. The summed E-state index contributed by atoms with van der Waals surface area (Å²) >= 11 is 3.36. The Kier molecular flexibility index (Phi) is 5.48. The minimum Gasteiger partial charge on any atom is -0.349 e.